The molecule has 1 saturated heterocycles. The second-order valence-corrected chi connectivity index (χ2v) is 6.77. The number of nitrogens with one attached hydrogen (secondary N) is 1. The van der Waals surface area contributed by atoms with Gasteiger partial charge in [0, 0.05) is 43.9 Å². The van der Waals surface area contributed by atoms with E-state index in [9.17, 15) is 4.79 Å². The maximum Gasteiger partial charge on any atom is 0.234 e. The molecule has 1 aliphatic heterocycles. The molecule has 2 aliphatic rings. The molecule has 110 valence electrons. The van der Waals surface area contributed by atoms with Gasteiger partial charge in [-0.25, -0.2) is 0 Å². The summed E-state index contributed by atoms with van der Waals surface area (Å²) in [5, 5.41) is 3.76. The average Bonchev–Trinajstić information content (AvgIpc) is 2.44. The van der Waals surface area contributed by atoms with Gasteiger partial charge in [-0.05, 0) is 19.3 Å². The summed E-state index contributed by atoms with van der Waals surface area (Å²) in [6.45, 7) is 3.08. The number of hydrogen-bond acceptors (Lipinski definition) is 4. The fourth-order valence-electron chi connectivity index (χ4n) is 3.06. The largest absolute Gasteiger partial charge is 0.385 e. The lowest BCUT2D eigenvalue weighted by molar-refractivity contribution is -0.123. The Morgan fingerprint density at radius 1 is 1.42 bits per heavy atom. The van der Waals surface area contributed by atoms with Crippen LogP contribution in [0.1, 0.15) is 32.1 Å². The summed E-state index contributed by atoms with van der Waals surface area (Å²) in [6, 6.07) is 0.636. The molecule has 2 atom stereocenters. The van der Waals surface area contributed by atoms with E-state index in [-0.39, 0.29) is 5.91 Å². The lowest BCUT2D eigenvalue weighted by Gasteiger charge is -2.43. The average molecular weight is 286 g/mol. The van der Waals surface area contributed by atoms with E-state index in [1.165, 1.54) is 31.4 Å². The highest BCUT2D eigenvalue weighted by atomic mass is 32.2. The highest BCUT2D eigenvalue weighted by molar-refractivity contribution is 8.00. The van der Waals surface area contributed by atoms with E-state index >= 15 is 0 Å². The summed E-state index contributed by atoms with van der Waals surface area (Å²) in [5.41, 5.74) is 0. The first-order valence-electron chi connectivity index (χ1n) is 7.42. The molecule has 0 spiro atoms. The van der Waals surface area contributed by atoms with Crippen molar-refractivity contribution < 1.29 is 9.53 Å². The van der Waals surface area contributed by atoms with Crippen molar-refractivity contribution in [2.24, 2.45) is 0 Å². The van der Waals surface area contributed by atoms with E-state index in [4.69, 9.17) is 4.74 Å². The van der Waals surface area contributed by atoms with Gasteiger partial charge in [-0.1, -0.05) is 12.8 Å². The molecular formula is C14H26N2O2S. The topological polar surface area (TPSA) is 41.6 Å². The Kier molecular flexibility index (Phi) is 6.47. The Hall–Kier alpha value is -0.260. The van der Waals surface area contributed by atoms with Crippen LogP contribution in [0.25, 0.3) is 0 Å². The summed E-state index contributed by atoms with van der Waals surface area (Å²) in [5.74, 6) is 1.35. The van der Waals surface area contributed by atoms with Gasteiger partial charge in [0.15, 0.2) is 0 Å². The molecule has 1 saturated carbocycles. The molecule has 2 fully saturated rings. The molecular weight excluding hydrogens is 260 g/mol. The number of carbonyl (C=O) groups is 1. The van der Waals surface area contributed by atoms with Gasteiger partial charge in [0.25, 0.3) is 0 Å². The fraction of sp³-hybridized carbons (Fsp3) is 0.929. The highest BCUT2D eigenvalue weighted by Gasteiger charge is 2.34. The number of hydrogen-bond donors (Lipinski definition) is 1. The van der Waals surface area contributed by atoms with Crippen molar-refractivity contribution >= 4 is 17.7 Å². The number of amides is 1. The van der Waals surface area contributed by atoms with Crippen molar-refractivity contribution in [3.63, 3.8) is 0 Å². The monoisotopic (exact) mass is 286 g/mol. The number of rotatable bonds is 6. The number of carbonyl (C=O) groups excluding carboxylic acids is 1. The molecule has 0 aromatic carbocycles. The van der Waals surface area contributed by atoms with Crippen LogP contribution in [0.15, 0.2) is 0 Å². The van der Waals surface area contributed by atoms with Crippen molar-refractivity contribution in [1.29, 1.82) is 0 Å². The van der Waals surface area contributed by atoms with Crippen LogP contribution in [0.3, 0.4) is 0 Å². The van der Waals surface area contributed by atoms with Crippen molar-refractivity contribution in [2.45, 2.75) is 43.4 Å². The Balaban J connectivity index is 1.72. The summed E-state index contributed by atoms with van der Waals surface area (Å²) >= 11 is 2.11. The molecule has 19 heavy (non-hydrogen) atoms. The molecule has 1 heterocycles. The van der Waals surface area contributed by atoms with Gasteiger partial charge in [-0.3, -0.25) is 9.69 Å². The molecule has 1 aliphatic carbocycles. The predicted molar refractivity (Wildman–Crippen MR) is 79.6 cm³/mol. The van der Waals surface area contributed by atoms with Gasteiger partial charge in [-0.2, -0.15) is 11.8 Å². The van der Waals surface area contributed by atoms with E-state index < -0.39 is 0 Å². The van der Waals surface area contributed by atoms with Crippen LogP contribution >= 0.6 is 11.8 Å². The minimum absolute atomic E-state index is 0.173. The number of methoxy groups -OCH3 is 1. The van der Waals surface area contributed by atoms with E-state index in [1.54, 1.807) is 7.11 Å². The van der Waals surface area contributed by atoms with Crippen LogP contribution in [0.5, 0.6) is 0 Å². The Bertz CT molecular complexity index is 287. The van der Waals surface area contributed by atoms with Gasteiger partial charge in [-0.15, -0.1) is 0 Å². The fourth-order valence-corrected chi connectivity index (χ4v) is 4.56. The summed E-state index contributed by atoms with van der Waals surface area (Å²) < 4.78 is 4.98. The molecule has 2 unspecified atom stereocenters. The lowest BCUT2D eigenvalue weighted by atomic mass is 9.93. The van der Waals surface area contributed by atoms with Crippen LogP contribution in [-0.2, 0) is 9.53 Å². The zero-order valence-electron chi connectivity index (χ0n) is 11.9. The third-order valence-electron chi connectivity index (χ3n) is 4.04. The summed E-state index contributed by atoms with van der Waals surface area (Å²) in [4.78, 5) is 14.4. The second kappa shape index (κ2) is 8.12. The van der Waals surface area contributed by atoms with Crippen molar-refractivity contribution in [1.82, 2.24) is 10.2 Å². The van der Waals surface area contributed by atoms with Crippen molar-refractivity contribution in [3.8, 4) is 0 Å². The first kappa shape index (κ1) is 15.1. The van der Waals surface area contributed by atoms with E-state index in [0.717, 1.165) is 24.8 Å². The van der Waals surface area contributed by atoms with E-state index in [2.05, 4.69) is 22.0 Å². The van der Waals surface area contributed by atoms with Gasteiger partial charge >= 0.3 is 0 Å². The predicted octanol–water partition coefficient (Wildman–Crippen LogP) is 1.50. The Morgan fingerprint density at radius 3 is 3.11 bits per heavy atom. The van der Waals surface area contributed by atoms with Gasteiger partial charge in [0.1, 0.15) is 0 Å². The third-order valence-corrected chi connectivity index (χ3v) is 5.44. The zero-order chi connectivity index (χ0) is 13.5. The van der Waals surface area contributed by atoms with Crippen LogP contribution in [-0.4, -0.2) is 61.2 Å². The van der Waals surface area contributed by atoms with Gasteiger partial charge < -0.3 is 10.1 Å². The Labute approximate surface area is 120 Å². The molecule has 0 bridgehead atoms. The molecule has 4 nitrogen and oxygen atoms in total. The van der Waals surface area contributed by atoms with Crippen LogP contribution in [0.4, 0.5) is 0 Å². The normalized spacial score (nSPS) is 27.8. The molecule has 5 heteroatoms. The molecule has 0 aromatic rings. The SMILES string of the molecule is COCCCNC(=O)CN1CCSC2CCCCC21. The summed E-state index contributed by atoms with van der Waals surface area (Å²) in [6.07, 6.45) is 6.19. The summed E-state index contributed by atoms with van der Waals surface area (Å²) in [7, 11) is 1.69. The number of ether oxygens (including phenoxy) is 1. The first-order chi connectivity index (χ1) is 9.31. The minimum atomic E-state index is 0.173. The number of fused-ring (bicyclic) bond motifs is 1. The van der Waals surface area contributed by atoms with Crippen molar-refractivity contribution in [3.05, 3.63) is 0 Å². The lowest BCUT2D eigenvalue weighted by Crippen LogP contribution is -2.52. The number of thioether (sulfide) groups is 1. The Morgan fingerprint density at radius 2 is 2.26 bits per heavy atom. The van der Waals surface area contributed by atoms with Crippen molar-refractivity contribution in [2.75, 3.05) is 39.1 Å². The van der Waals surface area contributed by atoms with Crippen LogP contribution in [0, 0.1) is 0 Å². The first-order valence-corrected chi connectivity index (χ1v) is 8.47. The van der Waals surface area contributed by atoms with Gasteiger partial charge in [0.2, 0.25) is 5.91 Å². The maximum absolute atomic E-state index is 11.9. The van der Waals surface area contributed by atoms with Crippen LogP contribution in [0.2, 0.25) is 0 Å². The molecule has 1 N–H and O–H groups in total. The smallest absolute Gasteiger partial charge is 0.234 e. The molecule has 2 rings (SSSR count). The molecule has 0 aromatic heterocycles. The van der Waals surface area contributed by atoms with E-state index in [1.807, 2.05) is 0 Å². The minimum Gasteiger partial charge on any atom is -0.385 e. The number of nitrogens with zero attached hydrogens (tertiary/aromatic N) is 1. The second-order valence-electron chi connectivity index (χ2n) is 5.43. The zero-order valence-corrected chi connectivity index (χ0v) is 12.7. The molecule has 0 radical (unpaired) electrons. The quantitative estimate of drug-likeness (QED) is 0.751. The van der Waals surface area contributed by atoms with Crippen LogP contribution < -0.4 is 5.32 Å². The maximum atomic E-state index is 11.9. The van der Waals surface area contributed by atoms with E-state index in [0.29, 0.717) is 19.2 Å². The molecule has 1 amide bonds. The standard InChI is InChI=1S/C14H26N2O2S/c1-18-9-4-7-15-14(17)11-16-8-10-19-13-6-3-2-5-12(13)16/h12-13H,2-11H2,1H3,(H,15,17). The van der Waals surface area contributed by atoms with Gasteiger partial charge in [0.05, 0.1) is 6.54 Å². The highest BCUT2D eigenvalue weighted by Crippen LogP contribution is 2.35. The third kappa shape index (κ3) is 4.65.